The number of hydrogen-bond acceptors (Lipinski definition) is 9. The van der Waals surface area contributed by atoms with Gasteiger partial charge in [0.05, 0.1) is 14.2 Å². The zero-order valence-corrected chi connectivity index (χ0v) is 19.0. The number of carbonyl (C=O) groups is 1. The van der Waals surface area contributed by atoms with Crippen LogP contribution in [0.3, 0.4) is 0 Å². The molecule has 4 N–H and O–H groups in total. The van der Waals surface area contributed by atoms with Crippen LogP contribution in [0.15, 0.2) is 28.6 Å². The molecule has 1 aromatic carbocycles. The SMILES string of the molecule is COc1cc(C2C3=C(CC(C)(C)CC3=O)Nc3nc(SC)nc(N)c32)cc(OC)c1O. The van der Waals surface area contributed by atoms with Crippen molar-refractivity contribution in [2.75, 3.05) is 31.5 Å². The molecule has 2 aromatic rings. The Hall–Kier alpha value is -2.94. The predicted octanol–water partition coefficient (Wildman–Crippen LogP) is 3.70. The fraction of sp³-hybridized carbons (Fsp3) is 0.409. The quantitative estimate of drug-likeness (QED) is 0.481. The van der Waals surface area contributed by atoms with Crippen LogP contribution >= 0.6 is 11.8 Å². The maximum Gasteiger partial charge on any atom is 0.200 e. The van der Waals surface area contributed by atoms with Gasteiger partial charge in [-0.25, -0.2) is 9.97 Å². The van der Waals surface area contributed by atoms with E-state index in [1.165, 1.54) is 26.0 Å². The van der Waals surface area contributed by atoms with E-state index >= 15 is 0 Å². The van der Waals surface area contributed by atoms with Crippen molar-refractivity contribution in [3.8, 4) is 17.2 Å². The lowest BCUT2D eigenvalue weighted by Crippen LogP contribution is -2.34. The van der Waals surface area contributed by atoms with Crippen LogP contribution in [0.4, 0.5) is 11.6 Å². The number of phenols is 1. The third-order valence-corrected chi connectivity index (χ3v) is 6.29. The minimum Gasteiger partial charge on any atom is -0.502 e. The molecule has 0 saturated heterocycles. The number of ether oxygens (including phenoxy) is 2. The number of nitrogens with zero attached hydrogens (tertiary/aromatic N) is 2. The topological polar surface area (TPSA) is 120 Å². The first-order valence-corrected chi connectivity index (χ1v) is 11.1. The number of aromatic hydroxyl groups is 1. The Labute approximate surface area is 185 Å². The van der Waals surface area contributed by atoms with Gasteiger partial charge in [-0.2, -0.15) is 0 Å². The summed E-state index contributed by atoms with van der Waals surface area (Å²) in [7, 11) is 2.94. The standard InChI is InChI=1S/C22H26N4O4S/c1-22(2)8-11-16(12(27)9-22)15(10-6-13(29-3)18(28)14(7-10)30-4)17-19(23)25-21(31-5)26-20(17)24-11/h6-7,15,28H,8-9H2,1-5H3,(H3,23,24,25,26). The van der Waals surface area contributed by atoms with Crippen molar-refractivity contribution in [2.24, 2.45) is 5.41 Å². The van der Waals surface area contributed by atoms with Crippen molar-refractivity contribution >= 4 is 29.2 Å². The van der Waals surface area contributed by atoms with Crippen molar-refractivity contribution in [1.29, 1.82) is 0 Å². The van der Waals surface area contributed by atoms with Gasteiger partial charge in [0.1, 0.15) is 11.6 Å². The molecule has 2 heterocycles. The molecular formula is C22H26N4O4S. The number of thioether (sulfide) groups is 1. The maximum absolute atomic E-state index is 13.4. The van der Waals surface area contributed by atoms with Crippen LogP contribution in [0, 0.1) is 5.41 Å². The highest BCUT2D eigenvalue weighted by molar-refractivity contribution is 7.98. The smallest absolute Gasteiger partial charge is 0.200 e. The largest absolute Gasteiger partial charge is 0.502 e. The molecule has 8 nitrogen and oxygen atoms in total. The second-order valence-corrected chi connectivity index (χ2v) is 9.30. The van der Waals surface area contributed by atoms with Crippen molar-refractivity contribution in [3.63, 3.8) is 0 Å². The lowest BCUT2D eigenvalue weighted by atomic mass is 9.69. The van der Waals surface area contributed by atoms with Crippen LogP contribution in [0.5, 0.6) is 17.2 Å². The monoisotopic (exact) mass is 442 g/mol. The number of ketones is 1. The molecule has 1 aliphatic carbocycles. The van der Waals surface area contributed by atoms with Crippen LogP contribution in [0.25, 0.3) is 0 Å². The summed E-state index contributed by atoms with van der Waals surface area (Å²) in [5.41, 5.74) is 9.05. The highest BCUT2D eigenvalue weighted by Gasteiger charge is 2.42. The van der Waals surface area contributed by atoms with Gasteiger partial charge in [0.15, 0.2) is 22.4 Å². The van der Waals surface area contributed by atoms with Gasteiger partial charge in [0.25, 0.3) is 0 Å². The first kappa shape index (κ1) is 21.3. The lowest BCUT2D eigenvalue weighted by Gasteiger charge is -2.39. The second kappa shape index (κ2) is 7.64. The first-order chi connectivity index (χ1) is 14.7. The van der Waals surface area contributed by atoms with Gasteiger partial charge in [-0.3, -0.25) is 4.79 Å². The Balaban J connectivity index is 2.01. The molecule has 0 radical (unpaired) electrons. The number of rotatable bonds is 4. The zero-order valence-electron chi connectivity index (χ0n) is 18.2. The molecule has 0 amide bonds. The van der Waals surface area contributed by atoms with Crippen molar-refractivity contribution in [3.05, 3.63) is 34.5 Å². The number of allylic oxidation sites excluding steroid dienone is 2. The summed E-state index contributed by atoms with van der Waals surface area (Å²) >= 11 is 1.40. The van der Waals surface area contributed by atoms with Crippen LogP contribution in [-0.4, -0.2) is 41.3 Å². The maximum atomic E-state index is 13.4. The van der Waals surface area contributed by atoms with Gasteiger partial charge < -0.3 is 25.6 Å². The summed E-state index contributed by atoms with van der Waals surface area (Å²) in [4.78, 5) is 22.4. The molecule has 4 rings (SSSR count). The number of benzene rings is 1. The molecule has 1 unspecified atom stereocenters. The summed E-state index contributed by atoms with van der Waals surface area (Å²) in [5.74, 6) is 0.845. The third kappa shape index (κ3) is 3.56. The molecule has 0 saturated carbocycles. The zero-order chi connectivity index (χ0) is 22.5. The Kier molecular flexibility index (Phi) is 5.25. The van der Waals surface area contributed by atoms with Gasteiger partial charge in [-0.15, -0.1) is 0 Å². The van der Waals surface area contributed by atoms with Gasteiger partial charge in [0, 0.05) is 29.2 Å². The molecule has 0 spiro atoms. The summed E-state index contributed by atoms with van der Waals surface area (Å²) in [5, 5.41) is 14.3. The number of carbonyl (C=O) groups excluding carboxylic acids is 1. The predicted molar refractivity (Wildman–Crippen MR) is 120 cm³/mol. The van der Waals surface area contributed by atoms with E-state index in [9.17, 15) is 9.90 Å². The molecule has 1 atom stereocenters. The minimum atomic E-state index is -0.505. The highest BCUT2D eigenvalue weighted by Crippen LogP contribution is 2.52. The molecule has 9 heteroatoms. The van der Waals surface area contributed by atoms with Gasteiger partial charge in [-0.05, 0) is 35.8 Å². The summed E-state index contributed by atoms with van der Waals surface area (Å²) < 4.78 is 10.7. The van der Waals surface area contributed by atoms with Gasteiger partial charge in [0.2, 0.25) is 5.75 Å². The van der Waals surface area contributed by atoms with Crippen molar-refractivity contribution in [1.82, 2.24) is 9.97 Å². The Morgan fingerprint density at radius 3 is 2.42 bits per heavy atom. The van der Waals surface area contributed by atoms with E-state index in [0.29, 0.717) is 46.3 Å². The average molecular weight is 443 g/mol. The number of anilines is 2. The van der Waals surface area contributed by atoms with Gasteiger partial charge >= 0.3 is 0 Å². The third-order valence-electron chi connectivity index (χ3n) is 5.74. The molecule has 1 aliphatic heterocycles. The number of Topliss-reactive ketones (excluding diaryl/α,β-unsaturated/α-hetero) is 1. The number of nitrogens with two attached hydrogens (primary N) is 1. The van der Waals surface area contributed by atoms with E-state index in [4.69, 9.17) is 15.2 Å². The average Bonchev–Trinajstić information content (AvgIpc) is 2.71. The Bertz CT molecular complexity index is 1090. The molecule has 1 aromatic heterocycles. The van der Waals surface area contributed by atoms with E-state index in [2.05, 4.69) is 29.1 Å². The lowest BCUT2D eigenvalue weighted by molar-refractivity contribution is -0.118. The van der Waals surface area contributed by atoms with E-state index in [1.807, 2.05) is 6.26 Å². The second-order valence-electron chi connectivity index (χ2n) is 8.52. The van der Waals surface area contributed by atoms with Crippen LogP contribution in [-0.2, 0) is 4.79 Å². The number of nitrogens with one attached hydrogen (secondary N) is 1. The summed E-state index contributed by atoms with van der Waals surface area (Å²) in [6.45, 7) is 4.16. The number of fused-ring (bicyclic) bond motifs is 1. The molecule has 31 heavy (non-hydrogen) atoms. The fourth-order valence-corrected chi connectivity index (χ4v) is 4.79. The fourth-order valence-electron chi connectivity index (χ4n) is 4.42. The molecular weight excluding hydrogens is 416 g/mol. The molecule has 164 valence electrons. The number of methoxy groups -OCH3 is 2. The Morgan fingerprint density at radius 1 is 1.19 bits per heavy atom. The van der Waals surface area contributed by atoms with Crippen LogP contribution in [0.1, 0.15) is 43.7 Å². The van der Waals surface area contributed by atoms with Crippen LogP contribution < -0.4 is 20.5 Å². The molecule has 0 fully saturated rings. The van der Waals surface area contributed by atoms with E-state index in [-0.39, 0.29) is 28.4 Å². The highest BCUT2D eigenvalue weighted by atomic mass is 32.2. The molecule has 0 bridgehead atoms. The van der Waals surface area contributed by atoms with Gasteiger partial charge in [-0.1, -0.05) is 25.6 Å². The minimum absolute atomic E-state index is 0.0498. The Morgan fingerprint density at radius 2 is 1.84 bits per heavy atom. The van der Waals surface area contributed by atoms with Crippen molar-refractivity contribution in [2.45, 2.75) is 37.8 Å². The van der Waals surface area contributed by atoms with E-state index < -0.39 is 5.92 Å². The summed E-state index contributed by atoms with van der Waals surface area (Å²) in [6, 6.07) is 3.41. The van der Waals surface area contributed by atoms with Crippen LogP contribution in [0.2, 0.25) is 0 Å². The normalized spacial score (nSPS) is 19.4. The first-order valence-electron chi connectivity index (χ1n) is 9.88. The number of nitrogen functional groups attached to an aromatic ring is 1. The van der Waals surface area contributed by atoms with Crippen molar-refractivity contribution < 1.29 is 19.4 Å². The molecule has 2 aliphatic rings. The summed E-state index contributed by atoms with van der Waals surface area (Å²) in [6.07, 6.45) is 3.01. The number of aromatic nitrogens is 2. The van der Waals surface area contributed by atoms with E-state index in [0.717, 1.165) is 5.70 Å². The number of hydrogen-bond donors (Lipinski definition) is 3. The number of phenolic OH excluding ortho intramolecular Hbond substituents is 1. The van der Waals surface area contributed by atoms with E-state index in [1.54, 1.807) is 12.1 Å².